The number of carboxylic acids is 1. The van der Waals surface area contributed by atoms with Crippen LogP contribution in [0.15, 0.2) is 33.9 Å². The van der Waals surface area contributed by atoms with Crippen molar-refractivity contribution in [1.82, 2.24) is 30.4 Å². The van der Waals surface area contributed by atoms with E-state index in [1.54, 1.807) is 12.1 Å². The molecule has 20 heteroatoms. The number of thiophene rings is 1. The molecule has 0 aliphatic carbocycles. The van der Waals surface area contributed by atoms with Gasteiger partial charge in [0, 0.05) is 23.5 Å². The van der Waals surface area contributed by atoms with E-state index in [1.807, 2.05) is 5.38 Å². The predicted octanol–water partition coefficient (Wildman–Crippen LogP) is -1.67. The van der Waals surface area contributed by atoms with Crippen molar-refractivity contribution >= 4 is 122 Å². The van der Waals surface area contributed by atoms with Crippen molar-refractivity contribution in [3.05, 3.63) is 33.7 Å². The van der Waals surface area contributed by atoms with Crippen LogP contribution in [-0.2, 0) is 41.5 Å². The van der Waals surface area contributed by atoms with Gasteiger partial charge in [0.1, 0.15) is 11.1 Å². The van der Waals surface area contributed by atoms with Crippen molar-refractivity contribution in [1.29, 1.82) is 0 Å². The summed E-state index contributed by atoms with van der Waals surface area (Å²) in [5.74, 6) is -3.14. The predicted molar refractivity (Wildman–Crippen MR) is 138 cm³/mol. The number of hydrogen-bond acceptors (Lipinski definition) is 12. The summed E-state index contributed by atoms with van der Waals surface area (Å²) in [4.78, 5) is 39.7. The minimum atomic E-state index is -4.40. The van der Waals surface area contributed by atoms with E-state index in [1.165, 1.54) is 30.2 Å². The van der Waals surface area contributed by atoms with E-state index in [0.717, 1.165) is 26.2 Å². The van der Waals surface area contributed by atoms with Gasteiger partial charge in [-0.1, -0.05) is 17.8 Å². The van der Waals surface area contributed by atoms with Crippen LogP contribution in [0.1, 0.15) is 4.88 Å². The molecule has 0 spiro atoms. The van der Waals surface area contributed by atoms with Crippen molar-refractivity contribution < 1.29 is 37.2 Å². The molecule has 4 heterocycles. The van der Waals surface area contributed by atoms with Crippen molar-refractivity contribution in [2.45, 2.75) is 28.6 Å². The molecule has 0 bridgehead atoms. The van der Waals surface area contributed by atoms with Crippen LogP contribution in [0.4, 0.5) is 0 Å². The number of carbonyl (C=O) groups is 3. The molecule has 192 valence electrons. The molecule has 2 aliphatic heterocycles. The second-order valence-corrected chi connectivity index (χ2v) is 11.8. The van der Waals surface area contributed by atoms with Crippen LogP contribution in [0, 0.1) is 0 Å². The van der Waals surface area contributed by atoms with Crippen LogP contribution >= 0.6 is 34.9 Å². The molecule has 2 aromatic rings. The molecule has 2 aromatic heterocycles. The maximum absolute atomic E-state index is 13.1. The first-order valence-corrected chi connectivity index (χ1v) is 14.2. The van der Waals surface area contributed by atoms with Gasteiger partial charge < -0.3 is 15.2 Å². The molecule has 2 amide bonds. The number of fused-ring (bicyclic) bond motifs is 1. The van der Waals surface area contributed by atoms with Crippen LogP contribution < -0.4 is 5.32 Å². The summed E-state index contributed by atoms with van der Waals surface area (Å²) < 4.78 is 37.6. The summed E-state index contributed by atoms with van der Waals surface area (Å²) in [6.07, 6.45) is 0.0508. The zero-order chi connectivity index (χ0) is 25.4. The van der Waals surface area contributed by atoms with Crippen molar-refractivity contribution in [3.63, 3.8) is 0 Å². The van der Waals surface area contributed by atoms with Gasteiger partial charge in [-0.2, -0.15) is 8.42 Å². The van der Waals surface area contributed by atoms with Crippen LogP contribution in [0.3, 0.4) is 0 Å². The fourth-order valence-electron chi connectivity index (χ4n) is 3.56. The third kappa shape index (κ3) is 6.98. The third-order valence-corrected chi connectivity index (χ3v) is 8.90. The summed E-state index contributed by atoms with van der Waals surface area (Å²) in [7, 11) is -3.13. The molecular formula is C17H20N6Na2O8S4. The third-order valence-electron chi connectivity index (χ3n) is 5.03. The first-order chi connectivity index (χ1) is 16.6. The fraction of sp³-hybridized carbons (Fsp3) is 0.412. The number of aromatic nitrogens is 4. The molecular weight excluding hydrogens is 590 g/mol. The molecule has 3 N–H and O–H groups in total. The quantitative estimate of drug-likeness (QED) is 0.0910. The zero-order valence-corrected chi connectivity index (χ0v) is 21.1. The maximum atomic E-state index is 13.1. The first kappa shape index (κ1) is 32.7. The number of amides is 2. The molecule has 1 saturated heterocycles. The summed E-state index contributed by atoms with van der Waals surface area (Å²) in [6, 6.07) is 3.59. The zero-order valence-electron chi connectivity index (χ0n) is 17.9. The number of carbonyl (C=O) groups excluding carboxylic acids is 2. The Morgan fingerprint density at radius 1 is 1.38 bits per heavy atom. The van der Waals surface area contributed by atoms with Crippen molar-refractivity contribution in [2.75, 3.05) is 18.6 Å². The molecule has 14 nitrogen and oxygen atoms in total. The van der Waals surface area contributed by atoms with E-state index in [4.69, 9.17) is 9.29 Å². The number of nitrogens with one attached hydrogen (secondary N) is 1. The van der Waals surface area contributed by atoms with Gasteiger partial charge in [-0.3, -0.25) is 19.0 Å². The number of methoxy groups -OCH3 is 1. The standard InChI is InChI=1S/C17H18N6O8S4.2Na.2H/c1-31-17(18-11(24)5-10-3-2-4-32-10)14(27)23-12(13(25)26)9(6-33-15(17)23)7-34-16-19-20-21-22(16)8-35(28,29)30;;;;/h2-4,15H,5-8H2,1H3,(H,18,24)(H,25,26)(H,28,29,30);;;;/t15-,17+;;;;/m1..../s1. The summed E-state index contributed by atoms with van der Waals surface area (Å²) in [6.45, 7) is 0. The monoisotopic (exact) mass is 610 g/mol. The molecule has 0 aromatic carbocycles. The number of aliphatic carboxylic acids is 1. The van der Waals surface area contributed by atoms with Gasteiger partial charge in [-0.05, 0) is 27.4 Å². The number of thioether (sulfide) groups is 2. The summed E-state index contributed by atoms with van der Waals surface area (Å²) in [5, 5.41) is 24.1. The van der Waals surface area contributed by atoms with Gasteiger partial charge in [0.25, 0.3) is 21.8 Å². The number of ether oxygens (including phenoxy) is 1. The summed E-state index contributed by atoms with van der Waals surface area (Å²) in [5.41, 5.74) is -1.58. The van der Waals surface area contributed by atoms with Gasteiger partial charge in [0.05, 0.1) is 6.42 Å². The Morgan fingerprint density at radius 3 is 2.70 bits per heavy atom. The van der Waals surface area contributed by atoms with Crippen LogP contribution in [0.5, 0.6) is 0 Å². The van der Waals surface area contributed by atoms with Gasteiger partial charge in [0.2, 0.25) is 11.1 Å². The molecule has 2 aliphatic rings. The Bertz CT molecular complexity index is 1300. The van der Waals surface area contributed by atoms with Crippen LogP contribution in [-0.4, -0.2) is 150 Å². The Hall–Kier alpha value is -0.510. The number of β-lactam (4-membered cyclic amide) rings is 1. The van der Waals surface area contributed by atoms with E-state index in [2.05, 4.69) is 20.8 Å². The Morgan fingerprint density at radius 2 is 2.11 bits per heavy atom. The van der Waals surface area contributed by atoms with E-state index in [9.17, 15) is 27.9 Å². The average molecular weight is 611 g/mol. The SMILES string of the molecule is CO[C@@]1(NC(=O)Cc2cccs2)C(=O)N2C(C(=O)O)=C(CSc3nnnn3CS(=O)(=O)O)CS[C@@H]21.[NaH].[NaH]. The number of hydrogen-bond donors (Lipinski definition) is 3. The van der Waals surface area contributed by atoms with Crippen molar-refractivity contribution in [3.8, 4) is 0 Å². The van der Waals surface area contributed by atoms with E-state index in [-0.39, 0.29) is 87.9 Å². The Labute approximate surface area is 267 Å². The normalized spacial score (nSPS) is 20.9. The molecule has 0 unspecified atom stereocenters. The summed E-state index contributed by atoms with van der Waals surface area (Å²) >= 11 is 3.56. The number of carboxylic acid groups (broad SMARTS) is 1. The minimum absolute atomic E-state index is 0. The molecule has 1 fully saturated rings. The van der Waals surface area contributed by atoms with Crippen LogP contribution in [0.2, 0.25) is 0 Å². The molecule has 0 radical (unpaired) electrons. The number of nitrogens with zero attached hydrogens (tertiary/aromatic N) is 5. The molecule has 0 saturated carbocycles. The number of tetrazole rings is 1. The topological polar surface area (TPSA) is 194 Å². The second kappa shape index (κ2) is 13.2. The van der Waals surface area contributed by atoms with E-state index < -0.39 is 44.9 Å². The number of rotatable bonds is 10. The fourth-order valence-corrected chi connectivity index (χ4v) is 7.29. The Balaban J connectivity index is 0.00000241. The van der Waals surface area contributed by atoms with E-state index >= 15 is 0 Å². The van der Waals surface area contributed by atoms with E-state index in [0.29, 0.717) is 5.57 Å². The van der Waals surface area contributed by atoms with Crippen LogP contribution in [0.25, 0.3) is 0 Å². The molecule has 2 atom stereocenters. The first-order valence-electron chi connectivity index (χ1n) is 9.69. The van der Waals surface area contributed by atoms with Gasteiger partial charge in [-0.25, -0.2) is 9.48 Å². The van der Waals surface area contributed by atoms with Crippen molar-refractivity contribution in [2.24, 2.45) is 0 Å². The molecule has 37 heavy (non-hydrogen) atoms. The molecule has 4 rings (SSSR count). The average Bonchev–Trinajstić information content (AvgIpc) is 3.45. The van der Waals surface area contributed by atoms with Gasteiger partial charge in [-0.15, -0.1) is 28.2 Å². The second-order valence-electron chi connectivity index (χ2n) is 7.30. The van der Waals surface area contributed by atoms with Gasteiger partial charge >= 0.3 is 65.1 Å². The van der Waals surface area contributed by atoms with Gasteiger partial charge in [0.15, 0.2) is 5.88 Å². The Kier molecular flexibility index (Phi) is 11.7.